The summed E-state index contributed by atoms with van der Waals surface area (Å²) < 4.78 is 17.4. The van der Waals surface area contributed by atoms with Crippen LogP contribution in [-0.2, 0) is 9.53 Å². The highest BCUT2D eigenvalue weighted by Gasteiger charge is 2.21. The molecule has 0 saturated heterocycles. The summed E-state index contributed by atoms with van der Waals surface area (Å²) in [5, 5.41) is 9.58. The number of hydrogen-bond acceptors (Lipinski definition) is 4. The summed E-state index contributed by atoms with van der Waals surface area (Å²) >= 11 is 0. The van der Waals surface area contributed by atoms with Crippen LogP contribution in [0.1, 0.15) is 17.2 Å². The Morgan fingerprint density at radius 1 is 1.60 bits per heavy atom. The van der Waals surface area contributed by atoms with Crippen molar-refractivity contribution in [2.75, 3.05) is 7.11 Å². The maximum absolute atomic E-state index is 13.0. The lowest BCUT2D eigenvalue weighted by atomic mass is 10.0. The second-order valence-corrected chi connectivity index (χ2v) is 3.16. The number of phenols is 1. The van der Waals surface area contributed by atoms with Gasteiger partial charge in [-0.2, -0.15) is 0 Å². The van der Waals surface area contributed by atoms with Gasteiger partial charge in [-0.3, -0.25) is 4.79 Å². The smallest absolute Gasteiger partial charge is 0.327 e. The molecule has 82 valence electrons. The van der Waals surface area contributed by atoms with Crippen molar-refractivity contribution in [2.24, 2.45) is 5.73 Å². The maximum Gasteiger partial charge on any atom is 0.327 e. The molecule has 1 atom stereocenters. The molecular formula is C10H12FNO3. The van der Waals surface area contributed by atoms with Crippen LogP contribution < -0.4 is 5.73 Å². The third-order valence-electron chi connectivity index (χ3n) is 2.08. The van der Waals surface area contributed by atoms with Gasteiger partial charge in [-0.25, -0.2) is 4.39 Å². The molecule has 1 rings (SSSR count). The van der Waals surface area contributed by atoms with Crippen molar-refractivity contribution in [1.29, 1.82) is 0 Å². The van der Waals surface area contributed by atoms with Crippen molar-refractivity contribution in [3.8, 4) is 5.75 Å². The van der Waals surface area contributed by atoms with Crippen LogP contribution in [0.15, 0.2) is 12.1 Å². The molecule has 0 radical (unpaired) electrons. The van der Waals surface area contributed by atoms with Gasteiger partial charge in [-0.05, 0) is 24.6 Å². The molecule has 0 fully saturated rings. The normalized spacial score (nSPS) is 12.3. The lowest BCUT2D eigenvalue weighted by Gasteiger charge is -2.12. The Kier molecular flexibility index (Phi) is 3.26. The number of phenolic OH excluding ortho intramolecular Hbond substituents is 1. The highest BCUT2D eigenvalue weighted by atomic mass is 19.1. The fourth-order valence-electron chi connectivity index (χ4n) is 1.25. The van der Waals surface area contributed by atoms with E-state index in [9.17, 15) is 14.3 Å². The van der Waals surface area contributed by atoms with Crippen LogP contribution in [0.5, 0.6) is 5.75 Å². The van der Waals surface area contributed by atoms with Crippen molar-refractivity contribution in [3.05, 3.63) is 29.1 Å². The summed E-state index contributed by atoms with van der Waals surface area (Å²) in [7, 11) is 1.17. The minimum atomic E-state index is -1.18. The van der Waals surface area contributed by atoms with Crippen LogP contribution in [0.3, 0.4) is 0 Å². The van der Waals surface area contributed by atoms with Crippen LogP contribution >= 0.6 is 0 Å². The molecular weight excluding hydrogens is 201 g/mol. The Balaban J connectivity index is 3.19. The minimum Gasteiger partial charge on any atom is -0.507 e. The van der Waals surface area contributed by atoms with E-state index in [1.165, 1.54) is 14.0 Å². The van der Waals surface area contributed by atoms with E-state index in [-0.39, 0.29) is 11.3 Å². The second-order valence-electron chi connectivity index (χ2n) is 3.16. The first-order valence-electron chi connectivity index (χ1n) is 4.29. The number of nitrogens with two attached hydrogens (primary N) is 1. The van der Waals surface area contributed by atoms with E-state index in [0.717, 1.165) is 12.1 Å². The number of benzene rings is 1. The van der Waals surface area contributed by atoms with E-state index in [4.69, 9.17) is 5.73 Å². The van der Waals surface area contributed by atoms with Gasteiger partial charge >= 0.3 is 5.97 Å². The van der Waals surface area contributed by atoms with Crippen LogP contribution in [0.25, 0.3) is 0 Å². The van der Waals surface area contributed by atoms with E-state index in [1.54, 1.807) is 0 Å². The van der Waals surface area contributed by atoms with E-state index >= 15 is 0 Å². The number of aryl methyl sites for hydroxylation is 1. The standard InChI is InChI=1S/C10H12FNO3/c1-5-3-6(11)4-7(9(5)13)8(12)10(14)15-2/h3-4,8,13H,12H2,1-2H3/t8-/m0/s1. The monoisotopic (exact) mass is 213 g/mol. The van der Waals surface area contributed by atoms with Gasteiger partial charge in [0.2, 0.25) is 0 Å². The molecule has 0 saturated carbocycles. The lowest BCUT2D eigenvalue weighted by molar-refractivity contribution is -0.142. The van der Waals surface area contributed by atoms with Gasteiger partial charge in [0.05, 0.1) is 7.11 Å². The molecule has 0 amide bonds. The van der Waals surface area contributed by atoms with Gasteiger partial charge in [0.1, 0.15) is 17.6 Å². The number of methoxy groups -OCH3 is 1. The fraction of sp³-hybridized carbons (Fsp3) is 0.300. The van der Waals surface area contributed by atoms with Crippen LogP contribution in [0.2, 0.25) is 0 Å². The topological polar surface area (TPSA) is 72.5 Å². The average molecular weight is 213 g/mol. The third kappa shape index (κ3) is 2.24. The number of hydrogen-bond donors (Lipinski definition) is 2. The molecule has 15 heavy (non-hydrogen) atoms. The highest BCUT2D eigenvalue weighted by molar-refractivity contribution is 5.78. The zero-order valence-electron chi connectivity index (χ0n) is 8.45. The van der Waals surface area contributed by atoms with Crippen molar-refractivity contribution < 1.29 is 19.0 Å². The molecule has 0 bridgehead atoms. The first-order valence-corrected chi connectivity index (χ1v) is 4.29. The number of aromatic hydroxyl groups is 1. The molecule has 0 aliphatic heterocycles. The summed E-state index contributed by atoms with van der Waals surface area (Å²) in [6.07, 6.45) is 0. The molecule has 1 aromatic carbocycles. The Labute approximate surface area is 86.5 Å². The van der Waals surface area contributed by atoms with Gasteiger partial charge < -0.3 is 15.6 Å². The summed E-state index contributed by atoms with van der Waals surface area (Å²) in [5.74, 6) is -1.47. The van der Waals surface area contributed by atoms with Crippen molar-refractivity contribution >= 4 is 5.97 Å². The maximum atomic E-state index is 13.0. The molecule has 3 N–H and O–H groups in total. The van der Waals surface area contributed by atoms with Gasteiger partial charge in [0.15, 0.2) is 0 Å². The molecule has 0 aromatic heterocycles. The lowest BCUT2D eigenvalue weighted by Crippen LogP contribution is -2.23. The van der Waals surface area contributed by atoms with Crippen molar-refractivity contribution in [3.63, 3.8) is 0 Å². The Hall–Kier alpha value is -1.62. The molecule has 0 aliphatic rings. The number of halogens is 1. The summed E-state index contributed by atoms with van der Waals surface area (Å²) in [6.45, 7) is 1.52. The molecule has 4 nitrogen and oxygen atoms in total. The zero-order chi connectivity index (χ0) is 11.6. The largest absolute Gasteiger partial charge is 0.507 e. The predicted molar refractivity (Wildman–Crippen MR) is 51.7 cm³/mol. The number of rotatable bonds is 2. The first kappa shape index (κ1) is 11.5. The zero-order valence-corrected chi connectivity index (χ0v) is 8.45. The van der Waals surface area contributed by atoms with Gasteiger partial charge in [-0.1, -0.05) is 0 Å². The summed E-state index contributed by atoms with van der Waals surface area (Å²) in [4.78, 5) is 11.1. The van der Waals surface area contributed by atoms with E-state index < -0.39 is 17.8 Å². The average Bonchev–Trinajstić information content (AvgIpc) is 2.21. The van der Waals surface area contributed by atoms with Gasteiger partial charge in [-0.15, -0.1) is 0 Å². The Bertz CT molecular complexity index is 392. The second kappa shape index (κ2) is 4.27. The third-order valence-corrected chi connectivity index (χ3v) is 2.08. The Morgan fingerprint density at radius 2 is 2.20 bits per heavy atom. The van der Waals surface area contributed by atoms with E-state index in [1.807, 2.05) is 0 Å². The quantitative estimate of drug-likeness (QED) is 0.719. The van der Waals surface area contributed by atoms with Gasteiger partial charge in [0.25, 0.3) is 0 Å². The Morgan fingerprint density at radius 3 is 2.73 bits per heavy atom. The van der Waals surface area contributed by atoms with Crippen LogP contribution in [0, 0.1) is 12.7 Å². The summed E-state index contributed by atoms with van der Waals surface area (Å²) in [6, 6.07) is 0.997. The molecule has 0 aliphatic carbocycles. The number of ether oxygens (including phenoxy) is 1. The van der Waals surface area contributed by atoms with Crippen LogP contribution in [0.4, 0.5) is 4.39 Å². The number of carbonyl (C=O) groups excluding carboxylic acids is 1. The SMILES string of the molecule is COC(=O)[C@@H](N)c1cc(F)cc(C)c1O. The minimum absolute atomic E-state index is 0.0272. The van der Waals surface area contributed by atoms with Crippen LogP contribution in [-0.4, -0.2) is 18.2 Å². The predicted octanol–water partition coefficient (Wildman–Crippen LogP) is 1.01. The van der Waals surface area contributed by atoms with Crippen molar-refractivity contribution in [2.45, 2.75) is 13.0 Å². The number of esters is 1. The molecule has 0 heterocycles. The van der Waals surface area contributed by atoms with E-state index in [2.05, 4.69) is 4.74 Å². The van der Waals surface area contributed by atoms with E-state index in [0.29, 0.717) is 5.56 Å². The van der Waals surface area contributed by atoms with Crippen molar-refractivity contribution in [1.82, 2.24) is 0 Å². The summed E-state index contributed by atoms with van der Waals surface area (Å²) in [5.41, 5.74) is 5.84. The molecule has 0 spiro atoms. The highest BCUT2D eigenvalue weighted by Crippen LogP contribution is 2.28. The number of carbonyl (C=O) groups is 1. The first-order chi connectivity index (χ1) is 6.97. The molecule has 5 heteroatoms. The van der Waals surface area contributed by atoms with Gasteiger partial charge in [0, 0.05) is 5.56 Å². The fourth-order valence-corrected chi connectivity index (χ4v) is 1.25. The molecule has 0 unspecified atom stereocenters. The molecule has 1 aromatic rings.